The summed E-state index contributed by atoms with van der Waals surface area (Å²) in [7, 11) is 0. The van der Waals surface area contributed by atoms with E-state index in [1.165, 1.54) is 17.5 Å². The standard InChI is InChI=1S/C15H26N4/c1-4-18(5-2)13-7-9-19(11-13)15-14(10-16)12(3)6-8-17-15/h6,8,13H,4-5,7,9-11,16H2,1-3H3. The summed E-state index contributed by atoms with van der Waals surface area (Å²) in [5.41, 5.74) is 8.33. The molecule has 0 amide bonds. The number of anilines is 1. The number of aromatic nitrogens is 1. The van der Waals surface area contributed by atoms with Gasteiger partial charge < -0.3 is 10.6 Å². The van der Waals surface area contributed by atoms with Gasteiger partial charge in [-0.1, -0.05) is 13.8 Å². The van der Waals surface area contributed by atoms with Gasteiger partial charge in [0.15, 0.2) is 0 Å². The van der Waals surface area contributed by atoms with Crippen molar-refractivity contribution in [2.45, 2.75) is 39.8 Å². The Labute approximate surface area is 116 Å². The van der Waals surface area contributed by atoms with Gasteiger partial charge in [0.1, 0.15) is 5.82 Å². The highest BCUT2D eigenvalue weighted by Gasteiger charge is 2.28. The molecule has 4 nitrogen and oxygen atoms in total. The van der Waals surface area contributed by atoms with Crippen LogP contribution in [0.3, 0.4) is 0 Å². The van der Waals surface area contributed by atoms with Gasteiger partial charge in [0.05, 0.1) is 0 Å². The fourth-order valence-electron chi connectivity index (χ4n) is 3.07. The normalized spacial score (nSPS) is 19.4. The molecule has 1 aromatic rings. The lowest BCUT2D eigenvalue weighted by molar-refractivity contribution is 0.232. The SMILES string of the molecule is CCN(CC)C1CCN(c2nccc(C)c2CN)C1. The van der Waals surface area contributed by atoms with Crippen LogP contribution in [0.2, 0.25) is 0 Å². The van der Waals surface area contributed by atoms with Gasteiger partial charge in [-0.15, -0.1) is 0 Å². The predicted molar refractivity (Wildman–Crippen MR) is 80.4 cm³/mol. The zero-order chi connectivity index (χ0) is 13.8. The lowest BCUT2D eigenvalue weighted by Gasteiger charge is -2.27. The Morgan fingerprint density at radius 1 is 1.42 bits per heavy atom. The van der Waals surface area contributed by atoms with Gasteiger partial charge >= 0.3 is 0 Å². The molecule has 1 saturated heterocycles. The van der Waals surface area contributed by atoms with E-state index in [0.29, 0.717) is 12.6 Å². The third kappa shape index (κ3) is 2.90. The van der Waals surface area contributed by atoms with Crippen molar-refractivity contribution in [1.29, 1.82) is 0 Å². The Kier molecular flexibility index (Phi) is 4.77. The highest BCUT2D eigenvalue weighted by Crippen LogP contribution is 2.26. The number of hydrogen-bond acceptors (Lipinski definition) is 4. The fourth-order valence-corrected chi connectivity index (χ4v) is 3.07. The van der Waals surface area contributed by atoms with E-state index in [0.717, 1.165) is 32.0 Å². The summed E-state index contributed by atoms with van der Waals surface area (Å²) in [5.74, 6) is 1.09. The Morgan fingerprint density at radius 2 is 2.16 bits per heavy atom. The fraction of sp³-hybridized carbons (Fsp3) is 0.667. The zero-order valence-electron chi connectivity index (χ0n) is 12.4. The number of likely N-dealkylation sites (N-methyl/N-ethyl adjacent to an activating group) is 1. The van der Waals surface area contributed by atoms with Crippen molar-refractivity contribution in [3.8, 4) is 0 Å². The topological polar surface area (TPSA) is 45.4 Å². The van der Waals surface area contributed by atoms with E-state index in [-0.39, 0.29) is 0 Å². The second-order valence-corrected chi connectivity index (χ2v) is 5.24. The molecule has 2 rings (SSSR count). The van der Waals surface area contributed by atoms with Gasteiger partial charge in [0.25, 0.3) is 0 Å². The summed E-state index contributed by atoms with van der Waals surface area (Å²) in [4.78, 5) is 9.51. The number of pyridine rings is 1. The van der Waals surface area contributed by atoms with Gasteiger partial charge in [-0.05, 0) is 38.1 Å². The van der Waals surface area contributed by atoms with Crippen LogP contribution in [0.5, 0.6) is 0 Å². The van der Waals surface area contributed by atoms with Crippen molar-refractivity contribution >= 4 is 5.82 Å². The van der Waals surface area contributed by atoms with Crippen molar-refractivity contribution in [3.05, 3.63) is 23.4 Å². The van der Waals surface area contributed by atoms with Crippen LogP contribution in [0.1, 0.15) is 31.4 Å². The van der Waals surface area contributed by atoms with Gasteiger partial charge in [0.2, 0.25) is 0 Å². The first kappa shape index (κ1) is 14.3. The molecule has 0 radical (unpaired) electrons. The molecule has 1 aromatic heterocycles. The Hall–Kier alpha value is -1.13. The second-order valence-electron chi connectivity index (χ2n) is 5.24. The van der Waals surface area contributed by atoms with Crippen LogP contribution in [0.4, 0.5) is 5.82 Å². The average molecular weight is 262 g/mol. The van der Waals surface area contributed by atoms with Crippen LogP contribution >= 0.6 is 0 Å². The molecule has 106 valence electrons. The van der Waals surface area contributed by atoms with Crippen molar-refractivity contribution in [3.63, 3.8) is 0 Å². The molecule has 19 heavy (non-hydrogen) atoms. The molecular weight excluding hydrogens is 236 g/mol. The highest BCUT2D eigenvalue weighted by atomic mass is 15.3. The summed E-state index contributed by atoms with van der Waals surface area (Å²) in [5, 5.41) is 0. The third-order valence-electron chi connectivity index (χ3n) is 4.26. The molecule has 0 spiro atoms. The van der Waals surface area contributed by atoms with Crippen molar-refractivity contribution < 1.29 is 0 Å². The van der Waals surface area contributed by atoms with Crippen LogP contribution < -0.4 is 10.6 Å². The first-order valence-electron chi connectivity index (χ1n) is 7.34. The molecule has 1 aliphatic heterocycles. The molecule has 0 bridgehead atoms. The lowest BCUT2D eigenvalue weighted by atomic mass is 10.1. The number of aryl methyl sites for hydroxylation is 1. The van der Waals surface area contributed by atoms with Crippen LogP contribution in [0.25, 0.3) is 0 Å². The maximum absolute atomic E-state index is 5.89. The van der Waals surface area contributed by atoms with E-state index in [4.69, 9.17) is 5.73 Å². The van der Waals surface area contributed by atoms with E-state index in [9.17, 15) is 0 Å². The van der Waals surface area contributed by atoms with Crippen molar-refractivity contribution in [2.75, 3.05) is 31.1 Å². The second kappa shape index (κ2) is 6.35. The smallest absolute Gasteiger partial charge is 0.133 e. The maximum Gasteiger partial charge on any atom is 0.133 e. The van der Waals surface area contributed by atoms with Crippen LogP contribution in [-0.4, -0.2) is 42.1 Å². The van der Waals surface area contributed by atoms with Gasteiger partial charge in [-0.25, -0.2) is 4.98 Å². The molecular formula is C15H26N4. The first-order chi connectivity index (χ1) is 9.21. The first-order valence-corrected chi connectivity index (χ1v) is 7.34. The van der Waals surface area contributed by atoms with Crippen molar-refractivity contribution in [2.24, 2.45) is 5.73 Å². The van der Waals surface area contributed by atoms with Crippen LogP contribution in [0, 0.1) is 6.92 Å². The van der Waals surface area contributed by atoms with E-state index in [1.807, 2.05) is 12.3 Å². The number of hydrogen-bond donors (Lipinski definition) is 1. The molecule has 2 heterocycles. The van der Waals surface area contributed by atoms with Crippen molar-refractivity contribution in [1.82, 2.24) is 9.88 Å². The molecule has 0 aromatic carbocycles. The quantitative estimate of drug-likeness (QED) is 0.878. The summed E-state index contributed by atoms with van der Waals surface area (Å²) in [6, 6.07) is 2.70. The van der Waals surface area contributed by atoms with Crippen LogP contribution in [-0.2, 0) is 6.54 Å². The largest absolute Gasteiger partial charge is 0.355 e. The third-order valence-corrected chi connectivity index (χ3v) is 4.26. The molecule has 1 unspecified atom stereocenters. The van der Waals surface area contributed by atoms with E-state index in [2.05, 4.69) is 35.6 Å². The molecule has 0 aliphatic carbocycles. The molecule has 2 N–H and O–H groups in total. The highest BCUT2D eigenvalue weighted by molar-refractivity contribution is 5.51. The summed E-state index contributed by atoms with van der Waals surface area (Å²) < 4.78 is 0. The van der Waals surface area contributed by atoms with E-state index in [1.54, 1.807) is 0 Å². The summed E-state index contributed by atoms with van der Waals surface area (Å²) >= 11 is 0. The molecule has 0 saturated carbocycles. The van der Waals surface area contributed by atoms with Gasteiger partial charge in [-0.3, -0.25) is 4.90 Å². The molecule has 1 atom stereocenters. The van der Waals surface area contributed by atoms with Gasteiger partial charge in [0, 0.05) is 37.4 Å². The Morgan fingerprint density at radius 3 is 2.79 bits per heavy atom. The predicted octanol–water partition coefficient (Wildman–Crippen LogP) is 1.77. The minimum absolute atomic E-state index is 0.571. The number of nitrogens with two attached hydrogens (primary N) is 1. The van der Waals surface area contributed by atoms with E-state index < -0.39 is 0 Å². The Balaban J connectivity index is 2.15. The minimum atomic E-state index is 0.571. The monoisotopic (exact) mass is 262 g/mol. The molecule has 1 fully saturated rings. The van der Waals surface area contributed by atoms with Gasteiger partial charge in [-0.2, -0.15) is 0 Å². The van der Waals surface area contributed by atoms with E-state index >= 15 is 0 Å². The number of rotatable bonds is 5. The van der Waals surface area contributed by atoms with Crippen LogP contribution in [0.15, 0.2) is 12.3 Å². The minimum Gasteiger partial charge on any atom is -0.355 e. The molecule has 4 heteroatoms. The zero-order valence-corrected chi connectivity index (χ0v) is 12.4. The Bertz CT molecular complexity index is 415. The maximum atomic E-state index is 5.89. The summed E-state index contributed by atoms with van der Waals surface area (Å²) in [6.45, 7) is 11.6. The molecule has 1 aliphatic rings. The lowest BCUT2D eigenvalue weighted by Crippen LogP contribution is -2.37. The summed E-state index contributed by atoms with van der Waals surface area (Å²) in [6.07, 6.45) is 3.12. The number of nitrogens with zero attached hydrogens (tertiary/aromatic N) is 3. The average Bonchev–Trinajstić information content (AvgIpc) is 2.89.